The summed E-state index contributed by atoms with van der Waals surface area (Å²) in [6.45, 7) is 0. The first-order valence-electron chi connectivity index (χ1n) is 7.28. The van der Waals surface area contributed by atoms with E-state index in [0.29, 0.717) is 15.7 Å². The molecule has 26 heavy (non-hydrogen) atoms. The number of benzene rings is 2. The highest BCUT2D eigenvalue weighted by molar-refractivity contribution is 7.92. The summed E-state index contributed by atoms with van der Waals surface area (Å²) in [5.41, 5.74) is 0.533. The number of sulfone groups is 1. The van der Waals surface area contributed by atoms with Crippen molar-refractivity contribution in [1.29, 1.82) is 0 Å². The zero-order valence-corrected chi connectivity index (χ0v) is 16.1. The van der Waals surface area contributed by atoms with E-state index in [1.165, 1.54) is 35.2 Å². The Labute approximate surface area is 165 Å². The molecule has 0 amide bonds. The zero-order chi connectivity index (χ0) is 18.9. The van der Waals surface area contributed by atoms with E-state index in [0.717, 1.165) is 0 Å². The average molecular weight is 430 g/mol. The van der Waals surface area contributed by atoms with Gasteiger partial charge in [0.1, 0.15) is 22.9 Å². The number of carbonyl (C=O) groups is 1. The molecule has 0 saturated carbocycles. The maximum atomic E-state index is 12.4. The van der Waals surface area contributed by atoms with Gasteiger partial charge in [0.15, 0.2) is 15.6 Å². The molecule has 0 bridgehead atoms. The van der Waals surface area contributed by atoms with Gasteiger partial charge in [-0.15, -0.1) is 0 Å². The third kappa shape index (κ3) is 3.94. The van der Waals surface area contributed by atoms with Crippen LogP contribution in [0.15, 0.2) is 59.8 Å². The lowest BCUT2D eigenvalue weighted by molar-refractivity contribution is 0.101. The fraction of sp³-hybridized carbons (Fsp3) is 0.0588. The van der Waals surface area contributed by atoms with Crippen LogP contribution in [0.25, 0.3) is 5.69 Å². The molecule has 0 saturated heterocycles. The van der Waals surface area contributed by atoms with Crippen LogP contribution in [0.5, 0.6) is 0 Å². The second kappa shape index (κ2) is 7.40. The van der Waals surface area contributed by atoms with Gasteiger partial charge in [0.25, 0.3) is 0 Å². The summed E-state index contributed by atoms with van der Waals surface area (Å²) < 4.78 is 26.3. The average Bonchev–Trinajstić information content (AvgIpc) is 2.97. The first-order valence-corrected chi connectivity index (χ1v) is 10.1. The van der Waals surface area contributed by atoms with Gasteiger partial charge in [-0.05, 0) is 48.5 Å². The van der Waals surface area contributed by atoms with E-state index in [-0.39, 0.29) is 15.7 Å². The number of rotatable bonds is 5. The van der Waals surface area contributed by atoms with Gasteiger partial charge in [-0.2, -0.15) is 0 Å². The van der Waals surface area contributed by atoms with Crippen molar-refractivity contribution in [3.05, 3.63) is 75.8 Å². The number of hydrogen-bond acceptors (Lipinski definition) is 4. The van der Waals surface area contributed by atoms with E-state index in [2.05, 4.69) is 4.98 Å². The number of nitrogens with zero attached hydrogens (tertiary/aromatic N) is 2. The quantitative estimate of drug-likeness (QED) is 0.560. The van der Waals surface area contributed by atoms with Gasteiger partial charge in [-0.25, -0.2) is 13.4 Å². The van der Waals surface area contributed by atoms with Gasteiger partial charge in [-0.1, -0.05) is 34.8 Å². The minimum Gasteiger partial charge on any atom is -0.291 e. The molecule has 0 fully saturated rings. The van der Waals surface area contributed by atoms with Gasteiger partial charge in [0, 0.05) is 15.7 Å². The van der Waals surface area contributed by atoms with Gasteiger partial charge < -0.3 is 0 Å². The van der Waals surface area contributed by atoms with E-state index in [9.17, 15) is 13.2 Å². The van der Waals surface area contributed by atoms with Crippen LogP contribution in [-0.2, 0) is 9.84 Å². The molecule has 0 unspecified atom stereocenters. The molecule has 5 nitrogen and oxygen atoms in total. The van der Waals surface area contributed by atoms with Gasteiger partial charge >= 0.3 is 0 Å². The van der Waals surface area contributed by atoms with Crippen LogP contribution in [0.3, 0.4) is 0 Å². The molecule has 0 aliphatic carbocycles. The topological polar surface area (TPSA) is 69.0 Å². The van der Waals surface area contributed by atoms with Crippen molar-refractivity contribution < 1.29 is 13.2 Å². The summed E-state index contributed by atoms with van der Waals surface area (Å²) in [5.74, 6) is -1.44. The first-order chi connectivity index (χ1) is 12.3. The Morgan fingerprint density at radius 3 is 2.04 bits per heavy atom. The number of aromatic nitrogens is 2. The van der Waals surface area contributed by atoms with E-state index >= 15 is 0 Å². The monoisotopic (exact) mass is 428 g/mol. The predicted molar refractivity (Wildman–Crippen MR) is 101 cm³/mol. The van der Waals surface area contributed by atoms with Crippen LogP contribution in [0.2, 0.25) is 15.2 Å². The molecule has 9 heteroatoms. The molecule has 1 heterocycles. The van der Waals surface area contributed by atoms with Crippen molar-refractivity contribution in [2.75, 3.05) is 5.75 Å². The summed E-state index contributed by atoms with van der Waals surface area (Å²) in [7, 11) is -3.84. The van der Waals surface area contributed by atoms with E-state index < -0.39 is 21.4 Å². The predicted octanol–water partition coefficient (Wildman–Crippen LogP) is 4.49. The molecule has 0 aliphatic heterocycles. The van der Waals surface area contributed by atoms with Crippen molar-refractivity contribution in [2.45, 2.75) is 4.90 Å². The van der Waals surface area contributed by atoms with Gasteiger partial charge in [-0.3, -0.25) is 9.36 Å². The third-order valence-corrected chi connectivity index (χ3v) is 6.07. The number of Topliss-reactive ketones (excluding diaryl/α,β-unsaturated/α-hetero) is 1. The Balaban J connectivity index is 1.87. The minimum absolute atomic E-state index is 0.00325. The highest BCUT2D eigenvalue weighted by atomic mass is 35.5. The first kappa shape index (κ1) is 18.9. The van der Waals surface area contributed by atoms with Crippen LogP contribution >= 0.6 is 34.8 Å². The van der Waals surface area contributed by atoms with Crippen molar-refractivity contribution in [1.82, 2.24) is 9.55 Å². The lowest BCUT2D eigenvalue weighted by Gasteiger charge is -2.05. The molecule has 3 aromatic rings. The fourth-order valence-electron chi connectivity index (χ4n) is 2.27. The largest absolute Gasteiger partial charge is 0.291 e. The summed E-state index contributed by atoms with van der Waals surface area (Å²) in [6.07, 6.45) is 1.35. The minimum atomic E-state index is -3.84. The second-order valence-electron chi connectivity index (χ2n) is 5.37. The molecule has 0 atom stereocenters. The summed E-state index contributed by atoms with van der Waals surface area (Å²) >= 11 is 17.8. The molecule has 1 aromatic heterocycles. The van der Waals surface area contributed by atoms with Gasteiger partial charge in [0.2, 0.25) is 0 Å². The number of hydrogen-bond donors (Lipinski definition) is 0. The lowest BCUT2D eigenvalue weighted by atomic mass is 10.3. The molecule has 0 aliphatic rings. The van der Waals surface area contributed by atoms with Crippen LogP contribution in [-0.4, -0.2) is 29.5 Å². The smallest absolute Gasteiger partial charge is 0.199 e. The highest BCUT2D eigenvalue weighted by Gasteiger charge is 2.25. The Morgan fingerprint density at radius 1 is 0.923 bits per heavy atom. The Morgan fingerprint density at radius 2 is 1.46 bits per heavy atom. The van der Waals surface area contributed by atoms with Crippen LogP contribution in [0.1, 0.15) is 10.5 Å². The summed E-state index contributed by atoms with van der Waals surface area (Å²) in [6, 6.07) is 12.3. The van der Waals surface area contributed by atoms with E-state index in [1.54, 1.807) is 24.3 Å². The van der Waals surface area contributed by atoms with E-state index in [4.69, 9.17) is 34.8 Å². The number of carbonyl (C=O) groups excluding carboxylic acids is 1. The summed E-state index contributed by atoms with van der Waals surface area (Å²) in [5, 5.41) is 0.985. The maximum Gasteiger partial charge on any atom is 0.199 e. The number of ketones is 1. The number of halogens is 3. The molecule has 0 spiro atoms. The van der Waals surface area contributed by atoms with Crippen molar-refractivity contribution in [2.24, 2.45) is 0 Å². The standard InChI is InChI=1S/C17H11Cl3N2O3S/c18-11-1-5-13(6-2-11)22-10-21-16(17(22)20)15(23)9-26(24,25)14-7-3-12(19)4-8-14/h1-8,10H,9H2. The molecule has 3 rings (SSSR count). The van der Waals surface area contributed by atoms with Crippen molar-refractivity contribution in [3.63, 3.8) is 0 Å². The summed E-state index contributed by atoms with van der Waals surface area (Å²) in [4.78, 5) is 16.4. The third-order valence-electron chi connectivity index (χ3n) is 3.57. The van der Waals surface area contributed by atoms with Crippen molar-refractivity contribution in [3.8, 4) is 5.69 Å². The van der Waals surface area contributed by atoms with Gasteiger partial charge in [0.05, 0.1) is 4.90 Å². The maximum absolute atomic E-state index is 12.4. The second-order valence-corrected chi connectivity index (χ2v) is 8.59. The highest BCUT2D eigenvalue weighted by Crippen LogP contribution is 2.23. The molecule has 134 valence electrons. The fourth-order valence-corrected chi connectivity index (χ4v) is 4.02. The van der Waals surface area contributed by atoms with E-state index in [1.807, 2.05) is 0 Å². The Kier molecular flexibility index (Phi) is 5.39. The molecule has 2 aromatic carbocycles. The normalized spacial score (nSPS) is 11.5. The van der Waals surface area contributed by atoms with Crippen LogP contribution < -0.4 is 0 Å². The molecule has 0 radical (unpaired) electrons. The van der Waals surface area contributed by atoms with Crippen molar-refractivity contribution >= 4 is 50.4 Å². The molecule has 0 N–H and O–H groups in total. The lowest BCUT2D eigenvalue weighted by Crippen LogP contribution is -2.17. The Hall–Kier alpha value is -1.86. The van der Waals surface area contributed by atoms with Crippen LogP contribution in [0, 0.1) is 0 Å². The SMILES string of the molecule is O=C(CS(=O)(=O)c1ccc(Cl)cc1)c1ncn(-c2ccc(Cl)cc2)c1Cl. The molecular formula is C17H11Cl3N2O3S. The van der Waals surface area contributed by atoms with Crippen LogP contribution in [0.4, 0.5) is 0 Å². The zero-order valence-electron chi connectivity index (χ0n) is 13.1. The number of imidazole rings is 1. The Bertz CT molecular complexity index is 1060. The molecular weight excluding hydrogens is 419 g/mol.